The van der Waals surface area contributed by atoms with Crippen molar-refractivity contribution in [3.63, 3.8) is 0 Å². The van der Waals surface area contributed by atoms with Gasteiger partial charge in [0.05, 0.1) is 31.3 Å². The molecule has 6 rings (SSSR count). The van der Waals surface area contributed by atoms with Crippen LogP contribution in [-0.4, -0.2) is 48.8 Å². The monoisotopic (exact) mass is 496 g/mol. The van der Waals surface area contributed by atoms with Crippen molar-refractivity contribution in [3.05, 3.63) is 53.2 Å². The second kappa shape index (κ2) is 10.5. The summed E-state index contributed by atoms with van der Waals surface area (Å²) < 4.78 is 6.26. The van der Waals surface area contributed by atoms with Crippen molar-refractivity contribution >= 4 is 22.3 Å². The van der Waals surface area contributed by atoms with Gasteiger partial charge in [-0.15, -0.1) is 0 Å². The van der Waals surface area contributed by atoms with Crippen LogP contribution in [0.4, 0.5) is 11.5 Å². The van der Waals surface area contributed by atoms with E-state index in [1.807, 2.05) is 0 Å². The van der Waals surface area contributed by atoms with Crippen molar-refractivity contribution in [2.45, 2.75) is 58.0 Å². The van der Waals surface area contributed by atoms with Crippen LogP contribution in [0.1, 0.15) is 48.9 Å². The van der Waals surface area contributed by atoms with Crippen LogP contribution in [-0.2, 0) is 13.0 Å². The van der Waals surface area contributed by atoms with E-state index in [0.717, 1.165) is 50.7 Å². The molecule has 192 valence electrons. The molecule has 1 aliphatic carbocycles. The van der Waals surface area contributed by atoms with Crippen molar-refractivity contribution in [2.75, 3.05) is 42.6 Å². The van der Waals surface area contributed by atoms with Crippen molar-refractivity contribution in [2.24, 2.45) is 5.92 Å². The summed E-state index contributed by atoms with van der Waals surface area (Å²) in [5.41, 5.74) is 4.87. The summed E-state index contributed by atoms with van der Waals surface area (Å²) in [6.07, 6.45) is 6.46. The van der Waals surface area contributed by atoms with Crippen LogP contribution in [0.15, 0.2) is 36.4 Å². The Morgan fingerprint density at radius 3 is 2.76 bits per heavy atom. The molecule has 2 aliphatic heterocycles. The summed E-state index contributed by atoms with van der Waals surface area (Å²) in [6.45, 7) is 7.07. The molecule has 7 nitrogen and oxygen atoms in total. The topological polar surface area (TPSA) is 77.3 Å². The van der Waals surface area contributed by atoms with Crippen molar-refractivity contribution in [1.82, 2.24) is 15.3 Å². The molecule has 1 saturated heterocycles. The third kappa shape index (κ3) is 4.95. The predicted molar refractivity (Wildman–Crippen MR) is 147 cm³/mol. The fourth-order valence-corrected chi connectivity index (χ4v) is 6.32. The first-order valence-electron chi connectivity index (χ1n) is 13.8. The van der Waals surface area contributed by atoms with Crippen LogP contribution >= 0.6 is 0 Å². The Hall–Kier alpha value is -3.37. The van der Waals surface area contributed by atoms with Gasteiger partial charge in [-0.25, -0.2) is 0 Å². The number of fused-ring (bicyclic) bond motifs is 2. The first-order chi connectivity index (χ1) is 18.2. The number of ether oxygens (including phenoxy) is 1. The standard InChI is InChI=1S/C30H36N6O/c1-21-6-4-9-23-10-5-11-27(28(21)23)35-16-13-25-26(19-35)33-30(37-20-22-7-2-3-8-22)34-29(25)36-17-15-32-24(18-36)12-14-31/h4-6,9-11,22,24,32H,2-3,7-8,12-13,15-20H2,1H3/t24-/m0/s1. The van der Waals surface area contributed by atoms with E-state index in [-0.39, 0.29) is 6.04 Å². The lowest BCUT2D eigenvalue weighted by Gasteiger charge is -2.37. The molecule has 3 heterocycles. The van der Waals surface area contributed by atoms with E-state index in [4.69, 9.17) is 14.7 Å². The lowest BCUT2D eigenvalue weighted by molar-refractivity contribution is 0.233. The molecule has 2 aromatic carbocycles. The second-order valence-electron chi connectivity index (χ2n) is 10.8. The number of aromatic nitrogens is 2. The number of piperazine rings is 1. The highest BCUT2D eigenvalue weighted by molar-refractivity contribution is 5.97. The van der Waals surface area contributed by atoms with Crippen LogP contribution in [0.25, 0.3) is 10.8 Å². The predicted octanol–water partition coefficient (Wildman–Crippen LogP) is 4.76. The molecule has 0 radical (unpaired) electrons. The Morgan fingerprint density at radius 2 is 1.92 bits per heavy atom. The highest BCUT2D eigenvalue weighted by atomic mass is 16.5. The van der Waals surface area contributed by atoms with Crippen LogP contribution in [0.5, 0.6) is 6.01 Å². The number of nitrogens with one attached hydrogen (secondary N) is 1. The quantitative estimate of drug-likeness (QED) is 0.527. The molecule has 0 unspecified atom stereocenters. The third-order valence-electron chi connectivity index (χ3n) is 8.27. The lowest BCUT2D eigenvalue weighted by atomic mass is 9.99. The summed E-state index contributed by atoms with van der Waals surface area (Å²) in [5.74, 6) is 1.61. The van der Waals surface area contributed by atoms with E-state index >= 15 is 0 Å². The van der Waals surface area contributed by atoms with Crippen molar-refractivity contribution in [3.8, 4) is 12.1 Å². The molecule has 3 aliphatic rings. The average Bonchev–Trinajstić information content (AvgIpc) is 3.45. The summed E-state index contributed by atoms with van der Waals surface area (Å²) in [7, 11) is 0. The Morgan fingerprint density at radius 1 is 1.08 bits per heavy atom. The van der Waals surface area contributed by atoms with Gasteiger partial charge in [0.25, 0.3) is 0 Å². The van der Waals surface area contributed by atoms with Crippen molar-refractivity contribution < 1.29 is 4.74 Å². The number of rotatable bonds is 6. The summed E-state index contributed by atoms with van der Waals surface area (Å²) in [5, 5.41) is 15.3. The molecule has 0 amide bonds. The highest BCUT2D eigenvalue weighted by Crippen LogP contribution is 2.36. The highest BCUT2D eigenvalue weighted by Gasteiger charge is 2.29. The zero-order valence-electron chi connectivity index (χ0n) is 21.7. The van der Waals surface area contributed by atoms with Gasteiger partial charge in [0.15, 0.2) is 0 Å². The van der Waals surface area contributed by atoms with Gasteiger partial charge in [-0.2, -0.15) is 15.2 Å². The summed E-state index contributed by atoms with van der Waals surface area (Å²) >= 11 is 0. The molecule has 0 bridgehead atoms. The van der Waals surface area contributed by atoms with Gasteiger partial charge in [-0.3, -0.25) is 0 Å². The number of nitriles is 1. The summed E-state index contributed by atoms with van der Waals surface area (Å²) in [6, 6.07) is 16.1. The lowest BCUT2D eigenvalue weighted by Crippen LogP contribution is -2.51. The minimum Gasteiger partial charge on any atom is -0.463 e. The molecule has 7 heteroatoms. The molecule has 1 saturated carbocycles. The van der Waals surface area contributed by atoms with Gasteiger partial charge in [0, 0.05) is 48.9 Å². The van der Waals surface area contributed by atoms with Gasteiger partial charge in [0.2, 0.25) is 0 Å². The number of aryl methyl sites for hydroxylation is 1. The maximum atomic E-state index is 9.26. The number of anilines is 2. The minimum atomic E-state index is 0.158. The number of hydrogen-bond donors (Lipinski definition) is 1. The molecule has 1 N–H and O–H groups in total. The Labute approximate surface area is 219 Å². The van der Waals surface area contributed by atoms with Crippen LogP contribution in [0.2, 0.25) is 0 Å². The van der Waals surface area contributed by atoms with E-state index in [9.17, 15) is 5.26 Å². The zero-order chi connectivity index (χ0) is 25.2. The number of benzene rings is 2. The Balaban J connectivity index is 1.34. The molecule has 0 spiro atoms. The first kappa shape index (κ1) is 24.0. The van der Waals surface area contributed by atoms with Crippen LogP contribution in [0.3, 0.4) is 0 Å². The fourth-order valence-electron chi connectivity index (χ4n) is 6.32. The molecular weight excluding hydrogens is 460 g/mol. The van der Waals surface area contributed by atoms with E-state index in [1.165, 1.54) is 53.3 Å². The van der Waals surface area contributed by atoms with E-state index in [2.05, 4.69) is 64.5 Å². The van der Waals surface area contributed by atoms with Gasteiger partial charge < -0.3 is 19.9 Å². The van der Waals surface area contributed by atoms with Crippen LogP contribution in [0, 0.1) is 24.2 Å². The molecule has 37 heavy (non-hydrogen) atoms. The second-order valence-corrected chi connectivity index (χ2v) is 10.8. The molecule has 2 fully saturated rings. The zero-order valence-corrected chi connectivity index (χ0v) is 21.7. The van der Waals surface area contributed by atoms with Gasteiger partial charge in [0.1, 0.15) is 5.82 Å². The smallest absolute Gasteiger partial charge is 0.318 e. The molecule has 1 atom stereocenters. The maximum Gasteiger partial charge on any atom is 0.318 e. The van der Waals surface area contributed by atoms with E-state index < -0.39 is 0 Å². The van der Waals surface area contributed by atoms with Gasteiger partial charge in [-0.1, -0.05) is 43.2 Å². The fraction of sp³-hybridized carbons (Fsp3) is 0.500. The SMILES string of the molecule is Cc1cccc2cccc(N3CCc4c(nc(OCC5CCCC5)nc4N4CCN[C@@H](CC#N)C4)C3)c12. The third-order valence-corrected chi connectivity index (χ3v) is 8.27. The molecular formula is C30H36N6O. The average molecular weight is 497 g/mol. The molecule has 3 aromatic rings. The van der Waals surface area contributed by atoms with Crippen LogP contribution < -0.4 is 19.9 Å². The summed E-state index contributed by atoms with van der Waals surface area (Å²) in [4.78, 5) is 14.8. The minimum absolute atomic E-state index is 0.158. The molecule has 1 aromatic heterocycles. The largest absolute Gasteiger partial charge is 0.463 e. The van der Waals surface area contributed by atoms with Gasteiger partial charge >= 0.3 is 6.01 Å². The number of hydrogen-bond acceptors (Lipinski definition) is 7. The van der Waals surface area contributed by atoms with E-state index in [1.54, 1.807) is 0 Å². The van der Waals surface area contributed by atoms with E-state index in [0.29, 0.717) is 25.0 Å². The normalized spacial score (nSPS) is 20.2. The number of nitrogens with zero attached hydrogens (tertiary/aromatic N) is 5. The Kier molecular flexibility index (Phi) is 6.84. The maximum absolute atomic E-state index is 9.26. The van der Waals surface area contributed by atoms with Crippen molar-refractivity contribution in [1.29, 1.82) is 5.26 Å². The van der Waals surface area contributed by atoms with Gasteiger partial charge in [-0.05, 0) is 49.1 Å². The first-order valence-corrected chi connectivity index (χ1v) is 13.8. The Bertz CT molecular complexity index is 1310.